The van der Waals surface area contributed by atoms with Crippen LogP contribution in [0.2, 0.25) is 0 Å². The second-order valence-electron chi connectivity index (χ2n) is 5.08. The third-order valence-corrected chi connectivity index (χ3v) is 3.63. The highest BCUT2D eigenvalue weighted by Crippen LogP contribution is 2.45. The third-order valence-electron chi connectivity index (χ3n) is 3.44. The molecule has 0 spiro atoms. The highest BCUT2D eigenvalue weighted by molar-refractivity contribution is 6.17. The Hall–Kier alpha value is -0.0400. The summed E-state index contributed by atoms with van der Waals surface area (Å²) in [7, 11) is 0. The monoisotopic (exact) mass is 202 g/mol. The molecule has 0 unspecified atom stereocenters. The van der Waals surface area contributed by atoms with Gasteiger partial charge in [-0.1, -0.05) is 13.8 Å². The van der Waals surface area contributed by atoms with E-state index in [9.17, 15) is 4.79 Å². The first-order valence-corrected chi connectivity index (χ1v) is 5.59. The average Bonchev–Trinajstić information content (AvgIpc) is 2.10. The zero-order valence-corrected chi connectivity index (χ0v) is 9.36. The average molecular weight is 203 g/mol. The van der Waals surface area contributed by atoms with Crippen molar-refractivity contribution in [2.45, 2.75) is 46.0 Å². The van der Waals surface area contributed by atoms with Gasteiger partial charge in [0, 0.05) is 11.3 Å². The lowest BCUT2D eigenvalue weighted by molar-refractivity contribution is -0.119. The highest BCUT2D eigenvalue weighted by Gasteiger charge is 2.37. The third kappa shape index (κ3) is 2.70. The molecule has 1 aliphatic carbocycles. The molecule has 1 fully saturated rings. The van der Waals surface area contributed by atoms with Crippen molar-refractivity contribution in [2.24, 2.45) is 10.8 Å². The van der Waals surface area contributed by atoms with Crippen LogP contribution in [0.4, 0.5) is 0 Å². The molecular formula is C11H19ClO. The predicted octanol–water partition coefficient (Wildman–Crippen LogP) is 3.40. The fourth-order valence-electron chi connectivity index (χ4n) is 2.04. The Morgan fingerprint density at radius 3 is 2.15 bits per heavy atom. The normalized spacial score (nSPS) is 25.5. The molecule has 0 heterocycles. The Kier molecular flexibility index (Phi) is 3.39. The van der Waals surface area contributed by atoms with Gasteiger partial charge in [0.25, 0.3) is 0 Å². The molecule has 1 nitrogen and oxygen atoms in total. The lowest BCUT2D eigenvalue weighted by Gasteiger charge is -2.40. The Morgan fingerprint density at radius 2 is 1.77 bits per heavy atom. The molecule has 0 saturated heterocycles. The van der Waals surface area contributed by atoms with Crippen molar-refractivity contribution >= 4 is 17.9 Å². The molecule has 0 radical (unpaired) electrons. The van der Waals surface area contributed by atoms with Gasteiger partial charge in [0.15, 0.2) is 0 Å². The number of aldehydes is 1. The standard InChI is InChI=1S/C11H19ClO/c1-10(2)3-5-11(9-13,6-4-10)7-8-12/h9H,3-8H2,1-2H3. The maximum absolute atomic E-state index is 11.0. The van der Waals surface area contributed by atoms with Gasteiger partial charge in [0.1, 0.15) is 6.29 Å². The second-order valence-corrected chi connectivity index (χ2v) is 5.46. The van der Waals surface area contributed by atoms with Crippen molar-refractivity contribution in [1.29, 1.82) is 0 Å². The number of halogens is 1. The van der Waals surface area contributed by atoms with E-state index in [1.54, 1.807) is 0 Å². The van der Waals surface area contributed by atoms with Crippen LogP contribution >= 0.6 is 11.6 Å². The topological polar surface area (TPSA) is 17.1 Å². The van der Waals surface area contributed by atoms with E-state index in [4.69, 9.17) is 11.6 Å². The van der Waals surface area contributed by atoms with Crippen LogP contribution in [0.15, 0.2) is 0 Å². The molecule has 0 bridgehead atoms. The van der Waals surface area contributed by atoms with E-state index in [2.05, 4.69) is 13.8 Å². The van der Waals surface area contributed by atoms with Crippen molar-refractivity contribution in [2.75, 3.05) is 5.88 Å². The molecule has 0 amide bonds. The summed E-state index contributed by atoms with van der Waals surface area (Å²) in [6.45, 7) is 4.56. The number of carbonyl (C=O) groups excluding carboxylic acids is 1. The van der Waals surface area contributed by atoms with Gasteiger partial charge in [0.05, 0.1) is 0 Å². The summed E-state index contributed by atoms with van der Waals surface area (Å²) in [6, 6.07) is 0. The van der Waals surface area contributed by atoms with Crippen LogP contribution in [-0.2, 0) is 4.79 Å². The van der Waals surface area contributed by atoms with E-state index >= 15 is 0 Å². The molecule has 0 aromatic carbocycles. The van der Waals surface area contributed by atoms with Gasteiger partial charge < -0.3 is 4.79 Å². The molecule has 0 aliphatic heterocycles. The van der Waals surface area contributed by atoms with Crippen molar-refractivity contribution in [3.63, 3.8) is 0 Å². The highest BCUT2D eigenvalue weighted by atomic mass is 35.5. The fourth-order valence-corrected chi connectivity index (χ4v) is 2.42. The molecule has 0 atom stereocenters. The summed E-state index contributed by atoms with van der Waals surface area (Å²) in [5, 5.41) is 0. The van der Waals surface area contributed by atoms with Crippen LogP contribution in [0, 0.1) is 10.8 Å². The molecule has 1 saturated carbocycles. The molecule has 0 aromatic heterocycles. The van der Waals surface area contributed by atoms with Gasteiger partial charge in [-0.25, -0.2) is 0 Å². The molecule has 0 N–H and O–H groups in total. The maximum Gasteiger partial charge on any atom is 0.126 e. The Labute approximate surface area is 85.8 Å². The SMILES string of the molecule is CC1(C)CCC(C=O)(CCCl)CC1. The smallest absolute Gasteiger partial charge is 0.126 e. The van der Waals surface area contributed by atoms with Crippen molar-refractivity contribution in [3.8, 4) is 0 Å². The van der Waals surface area contributed by atoms with E-state index in [-0.39, 0.29) is 5.41 Å². The molecule has 2 heteroatoms. The molecule has 1 aliphatic rings. The number of rotatable bonds is 3. The first-order valence-electron chi connectivity index (χ1n) is 5.06. The van der Waals surface area contributed by atoms with E-state index in [1.807, 2.05) is 0 Å². The van der Waals surface area contributed by atoms with Gasteiger partial charge in [-0.05, 0) is 37.5 Å². The lowest BCUT2D eigenvalue weighted by atomic mass is 9.65. The first-order chi connectivity index (χ1) is 6.04. The molecular weight excluding hydrogens is 184 g/mol. The Bertz CT molecular complexity index is 177. The van der Waals surface area contributed by atoms with Gasteiger partial charge in [0.2, 0.25) is 0 Å². The molecule has 1 rings (SSSR count). The van der Waals surface area contributed by atoms with Crippen LogP contribution < -0.4 is 0 Å². The summed E-state index contributed by atoms with van der Waals surface area (Å²) < 4.78 is 0. The second kappa shape index (κ2) is 4.00. The van der Waals surface area contributed by atoms with Crippen LogP contribution in [-0.4, -0.2) is 12.2 Å². The summed E-state index contributed by atoms with van der Waals surface area (Å²) in [5.41, 5.74) is 0.343. The molecule has 0 aromatic rings. The van der Waals surface area contributed by atoms with Crippen molar-refractivity contribution < 1.29 is 4.79 Å². The molecule has 13 heavy (non-hydrogen) atoms. The van der Waals surface area contributed by atoms with Gasteiger partial charge in [-0.15, -0.1) is 11.6 Å². The largest absolute Gasteiger partial charge is 0.303 e. The minimum atomic E-state index is -0.0860. The first kappa shape index (κ1) is 11.0. The Balaban J connectivity index is 2.57. The van der Waals surface area contributed by atoms with Gasteiger partial charge in [-0.3, -0.25) is 0 Å². The lowest BCUT2D eigenvalue weighted by Crippen LogP contribution is -2.32. The number of alkyl halides is 1. The van der Waals surface area contributed by atoms with Crippen LogP contribution in [0.5, 0.6) is 0 Å². The number of hydrogen-bond donors (Lipinski definition) is 0. The van der Waals surface area contributed by atoms with E-state index in [1.165, 1.54) is 0 Å². The summed E-state index contributed by atoms with van der Waals surface area (Å²) >= 11 is 5.72. The van der Waals surface area contributed by atoms with E-state index < -0.39 is 0 Å². The Morgan fingerprint density at radius 1 is 1.23 bits per heavy atom. The maximum atomic E-state index is 11.0. The zero-order valence-electron chi connectivity index (χ0n) is 8.61. The van der Waals surface area contributed by atoms with Crippen LogP contribution in [0.1, 0.15) is 46.0 Å². The van der Waals surface area contributed by atoms with Gasteiger partial charge >= 0.3 is 0 Å². The molecule has 76 valence electrons. The number of carbonyl (C=O) groups is 1. The summed E-state index contributed by atoms with van der Waals surface area (Å²) in [5.74, 6) is 0.610. The van der Waals surface area contributed by atoms with E-state index in [0.29, 0.717) is 11.3 Å². The fraction of sp³-hybridized carbons (Fsp3) is 0.909. The minimum absolute atomic E-state index is 0.0860. The zero-order chi connectivity index (χ0) is 9.95. The predicted molar refractivity (Wildman–Crippen MR) is 56.1 cm³/mol. The van der Waals surface area contributed by atoms with Crippen molar-refractivity contribution in [1.82, 2.24) is 0 Å². The quantitative estimate of drug-likeness (QED) is 0.507. The van der Waals surface area contributed by atoms with Crippen LogP contribution in [0.3, 0.4) is 0 Å². The minimum Gasteiger partial charge on any atom is -0.303 e. The number of hydrogen-bond acceptors (Lipinski definition) is 1. The van der Waals surface area contributed by atoms with Crippen LogP contribution in [0.25, 0.3) is 0 Å². The van der Waals surface area contributed by atoms with E-state index in [0.717, 1.165) is 38.4 Å². The summed E-state index contributed by atoms with van der Waals surface area (Å²) in [6.07, 6.45) is 6.36. The van der Waals surface area contributed by atoms with Gasteiger partial charge in [-0.2, -0.15) is 0 Å². The summed E-state index contributed by atoms with van der Waals surface area (Å²) in [4.78, 5) is 11.0. The van der Waals surface area contributed by atoms with Crippen molar-refractivity contribution in [3.05, 3.63) is 0 Å².